The molecule has 2 amide bonds. The minimum Gasteiger partial charge on any atom is -0.398 e. The molecule has 1 aliphatic heterocycles. The van der Waals surface area contributed by atoms with Gasteiger partial charge in [0.2, 0.25) is 0 Å². The molecule has 3 aromatic rings. The van der Waals surface area contributed by atoms with E-state index in [2.05, 4.69) is 0 Å². The molecule has 0 saturated heterocycles. The van der Waals surface area contributed by atoms with Gasteiger partial charge in [-0.05, 0) is 23.3 Å². The lowest BCUT2D eigenvalue weighted by Gasteiger charge is -2.26. The molecule has 0 aromatic heterocycles. The van der Waals surface area contributed by atoms with E-state index < -0.39 is 6.04 Å². The van der Waals surface area contributed by atoms with Crippen LogP contribution in [0.3, 0.4) is 0 Å². The predicted molar refractivity (Wildman–Crippen MR) is 107 cm³/mol. The molecule has 1 aliphatic rings. The predicted octanol–water partition coefficient (Wildman–Crippen LogP) is 3.82. The van der Waals surface area contributed by atoms with Gasteiger partial charge in [-0.2, -0.15) is 0 Å². The summed E-state index contributed by atoms with van der Waals surface area (Å²) < 4.78 is 5.90. The number of imide groups is 1. The van der Waals surface area contributed by atoms with Gasteiger partial charge in [-0.25, -0.2) is 0 Å². The smallest absolute Gasteiger partial charge is 0.264 e. The normalized spacial score (nSPS) is 14.2. The third-order valence-electron chi connectivity index (χ3n) is 4.86. The van der Waals surface area contributed by atoms with Gasteiger partial charge in [0, 0.05) is 5.69 Å². The van der Waals surface area contributed by atoms with Crippen LogP contribution in [0.4, 0.5) is 5.69 Å². The Morgan fingerprint density at radius 2 is 1.50 bits per heavy atom. The van der Waals surface area contributed by atoms with E-state index in [9.17, 15) is 9.59 Å². The first-order chi connectivity index (χ1) is 13.7. The highest BCUT2D eigenvalue weighted by Crippen LogP contribution is 2.34. The van der Waals surface area contributed by atoms with Gasteiger partial charge in [-0.3, -0.25) is 14.5 Å². The van der Waals surface area contributed by atoms with Crippen LogP contribution in [0.25, 0.3) is 0 Å². The number of amides is 2. The molecule has 28 heavy (non-hydrogen) atoms. The summed E-state index contributed by atoms with van der Waals surface area (Å²) in [5.41, 5.74) is 8.77. The topological polar surface area (TPSA) is 72.6 Å². The van der Waals surface area contributed by atoms with Crippen LogP contribution in [0.2, 0.25) is 0 Å². The summed E-state index contributed by atoms with van der Waals surface area (Å²) in [7, 11) is 0. The minimum atomic E-state index is -0.531. The number of nitrogen functional groups attached to an aromatic ring is 1. The fourth-order valence-corrected chi connectivity index (χ4v) is 3.47. The van der Waals surface area contributed by atoms with Crippen molar-refractivity contribution in [3.05, 3.63) is 101 Å². The fraction of sp³-hybridized carbons (Fsp3) is 0.130. The summed E-state index contributed by atoms with van der Waals surface area (Å²) in [5.74, 6) is -0.722. The molecule has 0 aliphatic carbocycles. The zero-order chi connectivity index (χ0) is 19.5. The van der Waals surface area contributed by atoms with E-state index >= 15 is 0 Å². The lowest BCUT2D eigenvalue weighted by Crippen LogP contribution is -2.36. The van der Waals surface area contributed by atoms with Crippen molar-refractivity contribution in [1.29, 1.82) is 0 Å². The second kappa shape index (κ2) is 7.66. The van der Waals surface area contributed by atoms with Crippen LogP contribution in [-0.4, -0.2) is 23.3 Å². The number of rotatable bonds is 6. The van der Waals surface area contributed by atoms with Gasteiger partial charge in [0.25, 0.3) is 11.8 Å². The van der Waals surface area contributed by atoms with Crippen molar-refractivity contribution in [3.63, 3.8) is 0 Å². The van der Waals surface area contributed by atoms with Crippen molar-refractivity contribution in [2.45, 2.75) is 12.6 Å². The SMILES string of the molecule is Nc1cccc2c1C(=O)N([C@H](COCc1ccccc1)c1ccccc1)C2=O. The largest absolute Gasteiger partial charge is 0.398 e. The number of fused-ring (bicyclic) bond motifs is 1. The third-order valence-corrected chi connectivity index (χ3v) is 4.86. The van der Waals surface area contributed by atoms with E-state index in [1.807, 2.05) is 60.7 Å². The number of hydrogen-bond donors (Lipinski definition) is 1. The number of hydrogen-bond acceptors (Lipinski definition) is 4. The number of carbonyl (C=O) groups is 2. The molecular formula is C23H20N2O3. The highest BCUT2D eigenvalue weighted by atomic mass is 16.5. The van der Waals surface area contributed by atoms with Gasteiger partial charge in [-0.15, -0.1) is 0 Å². The summed E-state index contributed by atoms with van der Waals surface area (Å²) in [4.78, 5) is 27.3. The Labute approximate surface area is 163 Å². The standard InChI is InChI=1S/C23H20N2O3/c24-19-13-7-12-18-21(19)23(27)25(22(18)26)20(17-10-5-2-6-11-17)15-28-14-16-8-3-1-4-9-16/h1-13,20H,14-15,24H2/t20-/m1/s1. The number of nitrogens with two attached hydrogens (primary N) is 1. The average Bonchev–Trinajstić information content (AvgIpc) is 2.98. The number of benzene rings is 3. The second-order valence-electron chi connectivity index (χ2n) is 6.68. The maximum atomic E-state index is 13.0. The third kappa shape index (κ3) is 3.28. The van der Waals surface area contributed by atoms with Crippen molar-refractivity contribution >= 4 is 17.5 Å². The molecule has 0 fully saturated rings. The van der Waals surface area contributed by atoms with Crippen LogP contribution in [0.5, 0.6) is 0 Å². The summed E-state index contributed by atoms with van der Waals surface area (Å²) in [6, 6.07) is 23.6. The molecular weight excluding hydrogens is 352 g/mol. The highest BCUT2D eigenvalue weighted by molar-refractivity contribution is 6.23. The Balaban J connectivity index is 1.62. The van der Waals surface area contributed by atoms with Crippen molar-refractivity contribution < 1.29 is 14.3 Å². The van der Waals surface area contributed by atoms with Crippen LogP contribution in [-0.2, 0) is 11.3 Å². The van der Waals surface area contributed by atoms with Crippen LogP contribution in [0.1, 0.15) is 37.9 Å². The Bertz CT molecular complexity index is 1000. The lowest BCUT2D eigenvalue weighted by molar-refractivity contribution is 0.0360. The zero-order valence-electron chi connectivity index (χ0n) is 15.2. The van der Waals surface area contributed by atoms with Gasteiger partial charge in [0.15, 0.2) is 0 Å². The molecule has 0 unspecified atom stereocenters. The molecule has 1 heterocycles. The Kier molecular flexibility index (Phi) is 4.91. The molecule has 0 saturated carbocycles. The fourth-order valence-electron chi connectivity index (χ4n) is 3.47. The van der Waals surface area contributed by atoms with Crippen LogP contribution in [0.15, 0.2) is 78.9 Å². The van der Waals surface area contributed by atoms with E-state index in [4.69, 9.17) is 10.5 Å². The number of anilines is 1. The minimum absolute atomic E-state index is 0.199. The first-order valence-corrected chi connectivity index (χ1v) is 9.10. The maximum absolute atomic E-state index is 13.0. The zero-order valence-corrected chi connectivity index (χ0v) is 15.2. The number of carbonyl (C=O) groups excluding carboxylic acids is 2. The highest BCUT2D eigenvalue weighted by Gasteiger charge is 2.41. The average molecular weight is 372 g/mol. The van der Waals surface area contributed by atoms with Gasteiger partial charge >= 0.3 is 0 Å². The summed E-state index contributed by atoms with van der Waals surface area (Å²) in [5, 5.41) is 0. The van der Waals surface area contributed by atoms with E-state index in [1.54, 1.807) is 18.2 Å². The first kappa shape index (κ1) is 17.9. The molecule has 2 N–H and O–H groups in total. The molecule has 5 nitrogen and oxygen atoms in total. The van der Waals surface area contributed by atoms with E-state index in [1.165, 1.54) is 4.90 Å². The Morgan fingerprint density at radius 1 is 0.821 bits per heavy atom. The molecule has 0 radical (unpaired) electrons. The number of nitrogens with zero attached hydrogens (tertiary/aromatic N) is 1. The van der Waals surface area contributed by atoms with Gasteiger partial charge in [0.05, 0.1) is 30.4 Å². The Hall–Kier alpha value is -3.44. The first-order valence-electron chi connectivity index (χ1n) is 9.10. The number of ether oxygens (including phenoxy) is 1. The van der Waals surface area contributed by atoms with Crippen molar-refractivity contribution in [1.82, 2.24) is 4.90 Å². The summed E-state index contributed by atoms with van der Waals surface area (Å²) in [6.07, 6.45) is 0. The van der Waals surface area contributed by atoms with E-state index in [-0.39, 0.29) is 24.0 Å². The van der Waals surface area contributed by atoms with E-state index in [0.29, 0.717) is 17.9 Å². The molecule has 1 atom stereocenters. The summed E-state index contributed by atoms with van der Waals surface area (Å²) in [6.45, 7) is 0.597. The molecule has 3 aromatic carbocycles. The van der Waals surface area contributed by atoms with Crippen LogP contribution in [0, 0.1) is 0 Å². The van der Waals surface area contributed by atoms with Gasteiger partial charge in [0.1, 0.15) is 0 Å². The van der Waals surface area contributed by atoms with Crippen LogP contribution >= 0.6 is 0 Å². The quantitative estimate of drug-likeness (QED) is 0.527. The van der Waals surface area contributed by atoms with Gasteiger partial charge in [-0.1, -0.05) is 66.7 Å². The van der Waals surface area contributed by atoms with Crippen LogP contribution < -0.4 is 5.73 Å². The van der Waals surface area contributed by atoms with Gasteiger partial charge < -0.3 is 10.5 Å². The maximum Gasteiger partial charge on any atom is 0.264 e. The molecule has 4 rings (SSSR count). The van der Waals surface area contributed by atoms with Crippen molar-refractivity contribution in [2.75, 3.05) is 12.3 Å². The lowest BCUT2D eigenvalue weighted by atomic mass is 10.1. The monoisotopic (exact) mass is 372 g/mol. The Morgan fingerprint density at radius 3 is 2.18 bits per heavy atom. The molecule has 140 valence electrons. The molecule has 0 bridgehead atoms. The van der Waals surface area contributed by atoms with Crippen molar-refractivity contribution in [2.24, 2.45) is 0 Å². The van der Waals surface area contributed by atoms with Crippen molar-refractivity contribution in [3.8, 4) is 0 Å². The summed E-state index contributed by atoms with van der Waals surface area (Å²) >= 11 is 0. The van der Waals surface area contributed by atoms with E-state index in [0.717, 1.165) is 11.1 Å². The molecule has 5 heteroatoms. The molecule has 0 spiro atoms. The second-order valence-corrected chi connectivity index (χ2v) is 6.68.